The Morgan fingerprint density at radius 3 is 2.92 bits per heavy atom. The average molecular weight is 346 g/mol. The Bertz CT molecular complexity index is 615. The summed E-state index contributed by atoms with van der Waals surface area (Å²) < 4.78 is 16.2. The minimum atomic E-state index is 0.0874. The summed E-state index contributed by atoms with van der Waals surface area (Å²) in [6.07, 6.45) is 3.43. The number of benzene rings is 1. The maximum atomic E-state index is 12.8. The smallest absolute Gasteiger partial charge is 0.254 e. The predicted octanol–water partition coefficient (Wildman–Crippen LogP) is 1.99. The van der Waals surface area contributed by atoms with Crippen LogP contribution in [0.2, 0.25) is 0 Å². The molecule has 3 aliphatic heterocycles. The fourth-order valence-corrected chi connectivity index (χ4v) is 3.79. The van der Waals surface area contributed by atoms with Gasteiger partial charge in [0.25, 0.3) is 5.91 Å². The van der Waals surface area contributed by atoms with Crippen LogP contribution < -0.4 is 9.47 Å². The van der Waals surface area contributed by atoms with Crippen LogP contribution in [0.15, 0.2) is 18.2 Å². The Morgan fingerprint density at radius 2 is 2.04 bits per heavy atom. The molecule has 6 nitrogen and oxygen atoms in total. The molecule has 1 unspecified atom stereocenters. The monoisotopic (exact) mass is 346 g/mol. The Labute approximate surface area is 148 Å². The number of nitrogens with zero attached hydrogens (tertiary/aromatic N) is 2. The number of carbonyl (C=O) groups excluding carboxylic acids is 1. The van der Waals surface area contributed by atoms with Gasteiger partial charge >= 0.3 is 0 Å². The summed E-state index contributed by atoms with van der Waals surface area (Å²) >= 11 is 0. The number of amides is 1. The lowest BCUT2D eigenvalue weighted by molar-refractivity contribution is 0.0760. The van der Waals surface area contributed by atoms with Crippen LogP contribution in [-0.4, -0.2) is 68.4 Å². The topological polar surface area (TPSA) is 51.2 Å². The van der Waals surface area contributed by atoms with Crippen molar-refractivity contribution in [2.75, 3.05) is 52.7 Å². The first-order valence-corrected chi connectivity index (χ1v) is 9.28. The second-order valence-corrected chi connectivity index (χ2v) is 7.07. The lowest BCUT2D eigenvalue weighted by Crippen LogP contribution is -2.35. The van der Waals surface area contributed by atoms with E-state index in [9.17, 15) is 4.79 Å². The molecule has 0 N–H and O–H groups in total. The van der Waals surface area contributed by atoms with E-state index in [2.05, 4.69) is 4.90 Å². The lowest BCUT2D eigenvalue weighted by Gasteiger charge is -2.23. The van der Waals surface area contributed by atoms with Crippen molar-refractivity contribution in [1.82, 2.24) is 9.80 Å². The van der Waals surface area contributed by atoms with Crippen molar-refractivity contribution in [3.05, 3.63) is 23.8 Å². The van der Waals surface area contributed by atoms with Crippen LogP contribution in [0, 0.1) is 5.92 Å². The molecule has 1 atom stereocenters. The standard InChI is InChI=1S/C19H26N2O4/c22-19(16-2-3-17-18(12-16)25-14-24-17)21-7-1-6-20(9-10-21)8-4-15-5-11-23-13-15/h2-3,12,15H,1,4-11,13-14H2. The van der Waals surface area contributed by atoms with E-state index in [1.54, 1.807) is 6.07 Å². The number of ether oxygens (including phenoxy) is 3. The maximum Gasteiger partial charge on any atom is 0.254 e. The highest BCUT2D eigenvalue weighted by molar-refractivity contribution is 5.95. The third-order valence-corrected chi connectivity index (χ3v) is 5.37. The molecule has 4 rings (SSSR count). The van der Waals surface area contributed by atoms with Crippen molar-refractivity contribution < 1.29 is 19.0 Å². The van der Waals surface area contributed by atoms with Crippen molar-refractivity contribution >= 4 is 5.91 Å². The van der Waals surface area contributed by atoms with Crippen LogP contribution in [0.1, 0.15) is 29.6 Å². The first-order chi connectivity index (χ1) is 12.3. The number of fused-ring (bicyclic) bond motifs is 1. The van der Waals surface area contributed by atoms with Gasteiger partial charge in [0.2, 0.25) is 6.79 Å². The molecule has 25 heavy (non-hydrogen) atoms. The van der Waals surface area contributed by atoms with Crippen molar-refractivity contribution in [3.63, 3.8) is 0 Å². The van der Waals surface area contributed by atoms with Crippen LogP contribution in [0.3, 0.4) is 0 Å². The minimum Gasteiger partial charge on any atom is -0.454 e. The molecule has 6 heteroatoms. The molecule has 0 saturated carbocycles. The fourth-order valence-electron chi connectivity index (χ4n) is 3.79. The molecule has 0 bridgehead atoms. The third-order valence-electron chi connectivity index (χ3n) is 5.37. The molecule has 1 amide bonds. The average Bonchev–Trinajstić information content (AvgIpc) is 3.26. The van der Waals surface area contributed by atoms with Gasteiger partial charge in [-0.25, -0.2) is 0 Å². The predicted molar refractivity (Wildman–Crippen MR) is 93.1 cm³/mol. The second kappa shape index (κ2) is 7.62. The molecular formula is C19H26N2O4. The largest absolute Gasteiger partial charge is 0.454 e. The van der Waals surface area contributed by atoms with Crippen LogP contribution in [0.5, 0.6) is 11.5 Å². The zero-order valence-electron chi connectivity index (χ0n) is 14.6. The van der Waals surface area contributed by atoms with Gasteiger partial charge in [0.15, 0.2) is 11.5 Å². The number of hydrogen-bond acceptors (Lipinski definition) is 5. The number of rotatable bonds is 4. The van der Waals surface area contributed by atoms with Gasteiger partial charge in [-0.3, -0.25) is 4.79 Å². The molecule has 3 heterocycles. The van der Waals surface area contributed by atoms with Crippen molar-refractivity contribution in [2.24, 2.45) is 5.92 Å². The van der Waals surface area contributed by atoms with Crippen LogP contribution in [-0.2, 0) is 4.74 Å². The van der Waals surface area contributed by atoms with Crippen molar-refractivity contribution in [3.8, 4) is 11.5 Å². The molecule has 0 aromatic heterocycles. The summed E-state index contributed by atoms with van der Waals surface area (Å²) in [5.74, 6) is 2.19. The van der Waals surface area contributed by atoms with E-state index < -0.39 is 0 Å². The highest BCUT2D eigenvalue weighted by atomic mass is 16.7. The molecule has 1 aromatic carbocycles. The Morgan fingerprint density at radius 1 is 1.12 bits per heavy atom. The van der Waals surface area contributed by atoms with E-state index in [-0.39, 0.29) is 12.7 Å². The Hall–Kier alpha value is -1.79. The van der Waals surface area contributed by atoms with E-state index in [1.807, 2.05) is 17.0 Å². The van der Waals surface area contributed by atoms with E-state index in [0.717, 1.165) is 64.0 Å². The number of hydrogen-bond donors (Lipinski definition) is 0. The summed E-state index contributed by atoms with van der Waals surface area (Å²) in [6.45, 7) is 6.80. The van der Waals surface area contributed by atoms with Gasteiger partial charge in [-0.1, -0.05) is 0 Å². The van der Waals surface area contributed by atoms with Gasteiger partial charge in [-0.15, -0.1) is 0 Å². The summed E-state index contributed by atoms with van der Waals surface area (Å²) in [5, 5.41) is 0. The zero-order valence-corrected chi connectivity index (χ0v) is 14.6. The van der Waals surface area contributed by atoms with Crippen LogP contribution >= 0.6 is 0 Å². The normalized spacial score (nSPS) is 23.7. The van der Waals surface area contributed by atoms with E-state index in [4.69, 9.17) is 14.2 Å². The van der Waals surface area contributed by atoms with Gasteiger partial charge < -0.3 is 24.0 Å². The molecule has 0 radical (unpaired) electrons. The van der Waals surface area contributed by atoms with Gasteiger partial charge in [-0.05, 0) is 56.5 Å². The first-order valence-electron chi connectivity index (χ1n) is 9.28. The zero-order chi connectivity index (χ0) is 17.1. The molecule has 1 aromatic rings. The third kappa shape index (κ3) is 3.90. The summed E-state index contributed by atoms with van der Waals surface area (Å²) in [4.78, 5) is 17.3. The van der Waals surface area contributed by atoms with Crippen molar-refractivity contribution in [1.29, 1.82) is 0 Å². The molecule has 136 valence electrons. The molecule has 0 spiro atoms. The van der Waals surface area contributed by atoms with Gasteiger partial charge in [0, 0.05) is 38.4 Å². The van der Waals surface area contributed by atoms with Gasteiger partial charge in [0.05, 0.1) is 0 Å². The molecular weight excluding hydrogens is 320 g/mol. The first kappa shape index (κ1) is 16.7. The van der Waals surface area contributed by atoms with E-state index in [0.29, 0.717) is 11.3 Å². The maximum absolute atomic E-state index is 12.8. The van der Waals surface area contributed by atoms with Gasteiger partial charge in [-0.2, -0.15) is 0 Å². The second-order valence-electron chi connectivity index (χ2n) is 7.07. The molecule has 2 saturated heterocycles. The molecule has 0 aliphatic carbocycles. The summed E-state index contributed by atoms with van der Waals surface area (Å²) in [6, 6.07) is 5.45. The Kier molecular flexibility index (Phi) is 5.08. The van der Waals surface area contributed by atoms with Crippen LogP contribution in [0.25, 0.3) is 0 Å². The Balaban J connectivity index is 1.31. The SMILES string of the molecule is O=C(c1ccc2c(c1)OCO2)N1CCCN(CCC2CCOC2)CC1. The van der Waals surface area contributed by atoms with Gasteiger partial charge in [0.1, 0.15) is 0 Å². The number of carbonyl (C=O) groups is 1. The van der Waals surface area contributed by atoms with E-state index in [1.165, 1.54) is 12.8 Å². The van der Waals surface area contributed by atoms with E-state index >= 15 is 0 Å². The minimum absolute atomic E-state index is 0.0874. The van der Waals surface area contributed by atoms with Crippen molar-refractivity contribution in [2.45, 2.75) is 19.3 Å². The highest BCUT2D eigenvalue weighted by Gasteiger charge is 2.23. The fraction of sp³-hybridized carbons (Fsp3) is 0.632. The molecule has 2 fully saturated rings. The van der Waals surface area contributed by atoms with Crippen LogP contribution in [0.4, 0.5) is 0 Å². The lowest BCUT2D eigenvalue weighted by atomic mass is 10.1. The quantitative estimate of drug-likeness (QED) is 0.835. The molecule has 3 aliphatic rings. The summed E-state index contributed by atoms with van der Waals surface area (Å²) in [5.41, 5.74) is 0.681. The highest BCUT2D eigenvalue weighted by Crippen LogP contribution is 2.32. The summed E-state index contributed by atoms with van der Waals surface area (Å²) in [7, 11) is 0.